The number of hydrogen-bond donors (Lipinski definition) is 2. The van der Waals surface area contributed by atoms with Crippen LogP contribution < -0.4 is 15.6 Å². The van der Waals surface area contributed by atoms with E-state index < -0.39 is 0 Å². The van der Waals surface area contributed by atoms with Crippen LogP contribution in [-0.2, 0) is 4.79 Å². The third-order valence-electron chi connectivity index (χ3n) is 4.03. The topological polar surface area (TPSA) is 56.7 Å². The Labute approximate surface area is 149 Å². The van der Waals surface area contributed by atoms with Gasteiger partial charge < -0.3 is 10.2 Å². The number of benzene rings is 2. The molecule has 0 aromatic heterocycles. The standard InChI is InChI=1S/C20H26N4O/c1-14-7-6-8-15(2)19(14)22-16(3)20(25)23-21-13-17-9-11-18(12-10-17)24(4)5/h6-13,16,22H,1-5H3,(H,23,25). The van der Waals surface area contributed by atoms with Crippen molar-refractivity contribution in [1.29, 1.82) is 0 Å². The normalized spacial score (nSPS) is 12.0. The molecule has 0 aliphatic heterocycles. The lowest BCUT2D eigenvalue weighted by molar-refractivity contribution is -0.121. The fraction of sp³-hybridized carbons (Fsp3) is 0.300. The van der Waals surface area contributed by atoms with Crippen molar-refractivity contribution < 1.29 is 4.79 Å². The monoisotopic (exact) mass is 338 g/mol. The maximum Gasteiger partial charge on any atom is 0.262 e. The van der Waals surface area contributed by atoms with Gasteiger partial charge in [0.2, 0.25) is 0 Å². The van der Waals surface area contributed by atoms with Crippen LogP contribution in [0.4, 0.5) is 11.4 Å². The van der Waals surface area contributed by atoms with Crippen LogP contribution in [-0.4, -0.2) is 32.3 Å². The van der Waals surface area contributed by atoms with Crippen molar-refractivity contribution in [2.45, 2.75) is 26.8 Å². The molecular formula is C20H26N4O. The number of anilines is 2. The number of rotatable bonds is 6. The molecule has 25 heavy (non-hydrogen) atoms. The molecular weight excluding hydrogens is 312 g/mol. The Hall–Kier alpha value is -2.82. The molecule has 2 aromatic carbocycles. The molecule has 0 aliphatic carbocycles. The van der Waals surface area contributed by atoms with Gasteiger partial charge >= 0.3 is 0 Å². The molecule has 0 heterocycles. The summed E-state index contributed by atoms with van der Waals surface area (Å²) in [6.07, 6.45) is 1.64. The van der Waals surface area contributed by atoms with Gasteiger partial charge in [-0.05, 0) is 49.6 Å². The number of carbonyl (C=O) groups excluding carboxylic acids is 1. The lowest BCUT2D eigenvalue weighted by atomic mass is 10.1. The molecule has 1 atom stereocenters. The van der Waals surface area contributed by atoms with Crippen molar-refractivity contribution in [3.8, 4) is 0 Å². The van der Waals surface area contributed by atoms with Gasteiger partial charge in [-0.25, -0.2) is 5.43 Å². The first-order valence-corrected chi connectivity index (χ1v) is 8.31. The van der Waals surface area contributed by atoms with Crippen LogP contribution >= 0.6 is 0 Å². The molecule has 0 spiro atoms. The zero-order chi connectivity index (χ0) is 18.4. The van der Waals surface area contributed by atoms with E-state index in [-0.39, 0.29) is 11.9 Å². The second kappa shape index (κ2) is 8.33. The van der Waals surface area contributed by atoms with Gasteiger partial charge in [0, 0.05) is 25.5 Å². The van der Waals surface area contributed by atoms with Gasteiger partial charge in [0.05, 0.1) is 6.21 Å². The zero-order valence-corrected chi connectivity index (χ0v) is 15.5. The summed E-state index contributed by atoms with van der Waals surface area (Å²) >= 11 is 0. The lowest BCUT2D eigenvalue weighted by Crippen LogP contribution is -2.35. The predicted octanol–water partition coefficient (Wildman–Crippen LogP) is 3.32. The van der Waals surface area contributed by atoms with Crippen molar-refractivity contribution in [2.75, 3.05) is 24.3 Å². The Morgan fingerprint density at radius 1 is 1.08 bits per heavy atom. The highest BCUT2D eigenvalue weighted by Gasteiger charge is 2.13. The zero-order valence-electron chi connectivity index (χ0n) is 15.5. The van der Waals surface area contributed by atoms with Gasteiger partial charge in [-0.1, -0.05) is 30.3 Å². The number of hydrogen-bond acceptors (Lipinski definition) is 4. The molecule has 0 saturated heterocycles. The molecule has 1 amide bonds. The molecule has 2 rings (SSSR count). The quantitative estimate of drug-likeness (QED) is 0.627. The third-order valence-corrected chi connectivity index (χ3v) is 4.03. The van der Waals surface area contributed by atoms with Crippen LogP contribution in [0.3, 0.4) is 0 Å². The summed E-state index contributed by atoms with van der Waals surface area (Å²) < 4.78 is 0. The second-order valence-corrected chi connectivity index (χ2v) is 6.35. The van der Waals surface area contributed by atoms with Crippen LogP contribution in [0.2, 0.25) is 0 Å². The van der Waals surface area contributed by atoms with Gasteiger partial charge in [-0.3, -0.25) is 4.79 Å². The summed E-state index contributed by atoms with van der Waals surface area (Å²) in [5.74, 6) is -0.177. The molecule has 2 N–H and O–H groups in total. The van der Waals surface area contributed by atoms with Gasteiger partial charge in [-0.15, -0.1) is 0 Å². The average molecular weight is 338 g/mol. The number of hydrazone groups is 1. The van der Waals surface area contributed by atoms with Crippen LogP contribution in [0.5, 0.6) is 0 Å². The number of nitrogens with one attached hydrogen (secondary N) is 2. The molecule has 2 aromatic rings. The van der Waals surface area contributed by atoms with Crippen LogP contribution in [0.25, 0.3) is 0 Å². The van der Waals surface area contributed by atoms with E-state index in [0.717, 1.165) is 28.1 Å². The fourth-order valence-electron chi connectivity index (χ4n) is 2.45. The highest BCUT2D eigenvalue weighted by atomic mass is 16.2. The minimum absolute atomic E-state index is 0.177. The molecule has 0 saturated carbocycles. The maximum absolute atomic E-state index is 12.2. The summed E-state index contributed by atoms with van der Waals surface area (Å²) in [5, 5.41) is 7.30. The summed E-state index contributed by atoms with van der Waals surface area (Å²) in [4.78, 5) is 14.2. The minimum Gasteiger partial charge on any atom is -0.378 e. The molecule has 132 valence electrons. The van der Waals surface area contributed by atoms with Gasteiger partial charge in [0.15, 0.2) is 0 Å². The van der Waals surface area contributed by atoms with Crippen molar-refractivity contribution in [2.24, 2.45) is 5.10 Å². The number of aryl methyl sites for hydroxylation is 2. The molecule has 0 bridgehead atoms. The predicted molar refractivity (Wildman–Crippen MR) is 106 cm³/mol. The summed E-state index contributed by atoms with van der Waals surface area (Å²) in [7, 11) is 3.99. The van der Waals surface area contributed by atoms with Crippen molar-refractivity contribution in [3.05, 3.63) is 59.2 Å². The van der Waals surface area contributed by atoms with E-state index in [1.807, 2.05) is 82.2 Å². The number of amides is 1. The van der Waals surface area contributed by atoms with E-state index in [4.69, 9.17) is 0 Å². The van der Waals surface area contributed by atoms with E-state index in [2.05, 4.69) is 15.8 Å². The first-order chi connectivity index (χ1) is 11.9. The highest BCUT2D eigenvalue weighted by molar-refractivity contribution is 5.87. The van der Waals surface area contributed by atoms with Crippen LogP contribution in [0, 0.1) is 13.8 Å². The summed E-state index contributed by atoms with van der Waals surface area (Å²) in [5.41, 5.74) is 7.86. The number of carbonyl (C=O) groups is 1. The van der Waals surface area contributed by atoms with Crippen LogP contribution in [0.15, 0.2) is 47.6 Å². The van der Waals surface area contributed by atoms with Crippen molar-refractivity contribution in [1.82, 2.24) is 5.43 Å². The minimum atomic E-state index is -0.381. The second-order valence-electron chi connectivity index (χ2n) is 6.35. The molecule has 0 aliphatic rings. The molecule has 5 nitrogen and oxygen atoms in total. The van der Waals surface area contributed by atoms with Gasteiger partial charge in [-0.2, -0.15) is 5.10 Å². The fourth-order valence-corrected chi connectivity index (χ4v) is 2.45. The van der Waals surface area contributed by atoms with Crippen molar-refractivity contribution >= 4 is 23.5 Å². The molecule has 0 radical (unpaired) electrons. The lowest BCUT2D eigenvalue weighted by Gasteiger charge is -2.17. The summed E-state index contributed by atoms with van der Waals surface area (Å²) in [6.45, 7) is 5.87. The Kier molecular flexibility index (Phi) is 6.17. The molecule has 1 unspecified atom stereocenters. The Balaban J connectivity index is 1.92. The average Bonchev–Trinajstić information content (AvgIpc) is 2.58. The molecule has 0 fully saturated rings. The first kappa shape index (κ1) is 18.5. The first-order valence-electron chi connectivity index (χ1n) is 8.31. The Bertz CT molecular complexity index is 731. The Morgan fingerprint density at radius 3 is 2.24 bits per heavy atom. The highest BCUT2D eigenvalue weighted by Crippen LogP contribution is 2.20. The van der Waals surface area contributed by atoms with E-state index in [0.29, 0.717) is 0 Å². The third kappa shape index (κ3) is 5.08. The van der Waals surface area contributed by atoms with E-state index in [9.17, 15) is 4.79 Å². The van der Waals surface area contributed by atoms with E-state index in [1.54, 1.807) is 6.21 Å². The number of para-hydroxylation sites is 1. The largest absolute Gasteiger partial charge is 0.378 e. The van der Waals surface area contributed by atoms with Crippen LogP contribution in [0.1, 0.15) is 23.6 Å². The van der Waals surface area contributed by atoms with Gasteiger partial charge in [0.1, 0.15) is 6.04 Å². The van der Waals surface area contributed by atoms with Crippen molar-refractivity contribution in [3.63, 3.8) is 0 Å². The smallest absolute Gasteiger partial charge is 0.262 e. The molecule has 5 heteroatoms. The maximum atomic E-state index is 12.2. The van der Waals surface area contributed by atoms with Gasteiger partial charge in [0.25, 0.3) is 5.91 Å². The van der Waals surface area contributed by atoms with E-state index in [1.165, 1.54) is 0 Å². The number of nitrogens with zero attached hydrogens (tertiary/aromatic N) is 2. The Morgan fingerprint density at radius 2 is 1.68 bits per heavy atom. The summed E-state index contributed by atoms with van der Waals surface area (Å²) in [6, 6.07) is 13.6. The SMILES string of the molecule is Cc1cccc(C)c1NC(C)C(=O)NN=Cc1ccc(N(C)C)cc1. The van der Waals surface area contributed by atoms with E-state index >= 15 is 0 Å².